The van der Waals surface area contributed by atoms with E-state index in [0.717, 1.165) is 58.3 Å². The number of aliphatic carboxylic acids is 1. The summed E-state index contributed by atoms with van der Waals surface area (Å²) < 4.78 is 5.40. The van der Waals surface area contributed by atoms with Crippen molar-refractivity contribution >= 4 is 5.97 Å². The van der Waals surface area contributed by atoms with Gasteiger partial charge in [-0.3, -0.25) is 4.79 Å². The van der Waals surface area contributed by atoms with Crippen molar-refractivity contribution < 1.29 is 14.6 Å². The summed E-state index contributed by atoms with van der Waals surface area (Å²) in [5.41, 5.74) is 0. The van der Waals surface area contributed by atoms with Crippen molar-refractivity contribution in [3.05, 3.63) is 0 Å². The van der Waals surface area contributed by atoms with Gasteiger partial charge in [0.05, 0.1) is 5.92 Å². The van der Waals surface area contributed by atoms with Crippen LogP contribution in [0, 0.1) is 5.92 Å². The molecule has 0 radical (unpaired) electrons. The van der Waals surface area contributed by atoms with Gasteiger partial charge in [-0.15, -0.1) is 0 Å². The summed E-state index contributed by atoms with van der Waals surface area (Å²) in [7, 11) is 0. The molecule has 2 N–H and O–H groups in total. The number of ether oxygens (including phenoxy) is 1. The molecule has 0 saturated heterocycles. The van der Waals surface area contributed by atoms with E-state index in [1.165, 1.54) is 0 Å². The normalized spacial score (nSPS) is 24.8. The molecule has 4 nitrogen and oxygen atoms in total. The predicted molar refractivity (Wildman–Crippen MR) is 67.1 cm³/mol. The highest BCUT2D eigenvalue weighted by atomic mass is 16.5. The zero-order valence-corrected chi connectivity index (χ0v) is 10.8. The number of nitrogens with one attached hydrogen (secondary N) is 1. The quantitative estimate of drug-likeness (QED) is 0.640. The van der Waals surface area contributed by atoms with Gasteiger partial charge in [-0.25, -0.2) is 0 Å². The molecular weight excluding hydrogens is 218 g/mol. The van der Waals surface area contributed by atoms with E-state index >= 15 is 0 Å². The maximum Gasteiger partial charge on any atom is 0.306 e. The Morgan fingerprint density at radius 3 is 2.94 bits per heavy atom. The molecule has 1 aliphatic rings. The Morgan fingerprint density at radius 2 is 2.24 bits per heavy atom. The second-order valence-electron chi connectivity index (χ2n) is 4.82. The lowest BCUT2D eigenvalue weighted by Gasteiger charge is -2.27. The lowest BCUT2D eigenvalue weighted by atomic mass is 9.86. The zero-order valence-electron chi connectivity index (χ0n) is 10.8. The average Bonchev–Trinajstić information content (AvgIpc) is 2.34. The van der Waals surface area contributed by atoms with Crippen LogP contribution in [-0.2, 0) is 9.53 Å². The fourth-order valence-corrected chi connectivity index (χ4v) is 2.33. The standard InChI is InChI=1S/C13H25NO3/c1-2-8-17-9-4-7-14-12-6-3-5-11(10-12)13(15)16/h11-12,14H,2-10H2,1H3,(H,15,16). The number of carbonyl (C=O) groups is 1. The van der Waals surface area contributed by atoms with Crippen molar-refractivity contribution in [2.24, 2.45) is 5.92 Å². The van der Waals surface area contributed by atoms with Crippen LogP contribution in [0.2, 0.25) is 0 Å². The van der Waals surface area contributed by atoms with Crippen LogP contribution in [0.5, 0.6) is 0 Å². The van der Waals surface area contributed by atoms with E-state index in [4.69, 9.17) is 9.84 Å². The molecule has 0 amide bonds. The van der Waals surface area contributed by atoms with Gasteiger partial charge in [0.25, 0.3) is 0 Å². The molecule has 0 spiro atoms. The first-order chi connectivity index (χ1) is 8.24. The zero-order chi connectivity index (χ0) is 12.5. The van der Waals surface area contributed by atoms with Gasteiger partial charge in [-0.1, -0.05) is 13.3 Å². The van der Waals surface area contributed by atoms with Crippen LogP contribution < -0.4 is 5.32 Å². The third kappa shape index (κ3) is 6.03. The third-order valence-electron chi connectivity index (χ3n) is 3.27. The summed E-state index contributed by atoms with van der Waals surface area (Å²) in [6.07, 6.45) is 5.84. The van der Waals surface area contributed by atoms with Gasteiger partial charge < -0.3 is 15.2 Å². The molecule has 0 heterocycles. The highest BCUT2D eigenvalue weighted by molar-refractivity contribution is 5.70. The molecule has 0 aliphatic heterocycles. The minimum atomic E-state index is -0.636. The topological polar surface area (TPSA) is 58.6 Å². The number of rotatable bonds is 8. The monoisotopic (exact) mass is 243 g/mol. The molecule has 0 aromatic heterocycles. The van der Waals surface area contributed by atoms with E-state index < -0.39 is 5.97 Å². The van der Waals surface area contributed by atoms with Crippen LogP contribution >= 0.6 is 0 Å². The van der Waals surface area contributed by atoms with Gasteiger partial charge >= 0.3 is 5.97 Å². The van der Waals surface area contributed by atoms with E-state index in [1.54, 1.807) is 0 Å². The molecule has 17 heavy (non-hydrogen) atoms. The minimum absolute atomic E-state index is 0.141. The maximum absolute atomic E-state index is 10.9. The highest BCUT2D eigenvalue weighted by Gasteiger charge is 2.26. The molecule has 1 saturated carbocycles. The van der Waals surface area contributed by atoms with Gasteiger partial charge in [0, 0.05) is 19.3 Å². The molecule has 4 heteroatoms. The molecular formula is C13H25NO3. The van der Waals surface area contributed by atoms with E-state index in [2.05, 4.69) is 12.2 Å². The summed E-state index contributed by atoms with van der Waals surface area (Å²) in [6, 6.07) is 0.385. The van der Waals surface area contributed by atoms with Gasteiger partial charge in [-0.05, 0) is 38.6 Å². The smallest absolute Gasteiger partial charge is 0.306 e. The molecule has 1 fully saturated rings. The molecule has 1 aliphatic carbocycles. The Hall–Kier alpha value is -0.610. The van der Waals surface area contributed by atoms with Crippen molar-refractivity contribution in [2.75, 3.05) is 19.8 Å². The van der Waals surface area contributed by atoms with Crippen LogP contribution in [-0.4, -0.2) is 36.9 Å². The number of carboxylic acids is 1. The summed E-state index contributed by atoms with van der Waals surface area (Å²) in [4.78, 5) is 10.9. The molecule has 0 bridgehead atoms. The van der Waals surface area contributed by atoms with Gasteiger partial charge in [0.2, 0.25) is 0 Å². The second kappa shape index (κ2) is 8.48. The largest absolute Gasteiger partial charge is 0.481 e. The first kappa shape index (κ1) is 14.5. The number of carboxylic acid groups (broad SMARTS) is 1. The van der Waals surface area contributed by atoms with Crippen molar-refractivity contribution in [3.63, 3.8) is 0 Å². The van der Waals surface area contributed by atoms with Crippen LogP contribution in [0.1, 0.15) is 45.4 Å². The van der Waals surface area contributed by atoms with Crippen molar-refractivity contribution in [1.82, 2.24) is 5.32 Å². The van der Waals surface area contributed by atoms with Crippen LogP contribution in [0.15, 0.2) is 0 Å². The summed E-state index contributed by atoms with van der Waals surface area (Å²) in [5, 5.41) is 12.4. The van der Waals surface area contributed by atoms with Crippen molar-refractivity contribution in [1.29, 1.82) is 0 Å². The van der Waals surface area contributed by atoms with Crippen LogP contribution in [0.4, 0.5) is 0 Å². The summed E-state index contributed by atoms with van der Waals surface area (Å²) >= 11 is 0. The van der Waals surface area contributed by atoms with E-state index in [-0.39, 0.29) is 5.92 Å². The third-order valence-corrected chi connectivity index (χ3v) is 3.27. The Bertz CT molecular complexity index is 221. The van der Waals surface area contributed by atoms with Gasteiger partial charge in [0.15, 0.2) is 0 Å². The Kier molecular flexibility index (Phi) is 7.21. The minimum Gasteiger partial charge on any atom is -0.481 e. The Morgan fingerprint density at radius 1 is 1.41 bits per heavy atom. The lowest BCUT2D eigenvalue weighted by Crippen LogP contribution is -2.37. The molecule has 0 aromatic carbocycles. The fraction of sp³-hybridized carbons (Fsp3) is 0.923. The summed E-state index contributed by atoms with van der Waals surface area (Å²) in [6.45, 7) is 4.67. The SMILES string of the molecule is CCCOCCCNC1CCCC(C(=O)O)C1. The van der Waals surface area contributed by atoms with E-state index in [1.807, 2.05) is 0 Å². The first-order valence-electron chi connectivity index (χ1n) is 6.78. The Labute approximate surface area is 104 Å². The molecule has 2 atom stereocenters. The Balaban J connectivity index is 2.04. The van der Waals surface area contributed by atoms with Gasteiger partial charge in [0.1, 0.15) is 0 Å². The predicted octanol–water partition coefficient (Wildman–Crippen LogP) is 2.04. The molecule has 2 unspecified atom stereocenters. The number of hydrogen-bond acceptors (Lipinski definition) is 3. The second-order valence-corrected chi connectivity index (χ2v) is 4.82. The fourth-order valence-electron chi connectivity index (χ4n) is 2.33. The van der Waals surface area contributed by atoms with Crippen LogP contribution in [0.3, 0.4) is 0 Å². The first-order valence-corrected chi connectivity index (χ1v) is 6.78. The summed E-state index contributed by atoms with van der Waals surface area (Å²) in [5.74, 6) is -0.777. The molecule has 0 aromatic rings. The highest BCUT2D eigenvalue weighted by Crippen LogP contribution is 2.24. The van der Waals surface area contributed by atoms with Crippen molar-refractivity contribution in [2.45, 2.75) is 51.5 Å². The van der Waals surface area contributed by atoms with E-state index in [9.17, 15) is 4.79 Å². The van der Waals surface area contributed by atoms with Crippen molar-refractivity contribution in [3.8, 4) is 0 Å². The lowest BCUT2D eigenvalue weighted by molar-refractivity contribution is -0.143. The molecule has 1 rings (SSSR count). The van der Waals surface area contributed by atoms with E-state index in [0.29, 0.717) is 6.04 Å². The average molecular weight is 243 g/mol. The maximum atomic E-state index is 10.9. The number of hydrogen-bond donors (Lipinski definition) is 2. The molecule has 100 valence electrons. The van der Waals surface area contributed by atoms with Crippen LogP contribution in [0.25, 0.3) is 0 Å². The van der Waals surface area contributed by atoms with Gasteiger partial charge in [-0.2, -0.15) is 0 Å².